The van der Waals surface area contributed by atoms with Crippen molar-refractivity contribution in [3.05, 3.63) is 99.8 Å². The first-order chi connectivity index (χ1) is 14.1. The quantitative estimate of drug-likeness (QED) is 0.360. The summed E-state index contributed by atoms with van der Waals surface area (Å²) in [6, 6.07) is 14.0. The van der Waals surface area contributed by atoms with Crippen LogP contribution in [-0.2, 0) is 4.79 Å². The molecule has 0 spiro atoms. The maximum absolute atomic E-state index is 12.5. The summed E-state index contributed by atoms with van der Waals surface area (Å²) in [5, 5.41) is 12.1. The molecule has 0 bridgehead atoms. The van der Waals surface area contributed by atoms with Crippen LogP contribution in [0.15, 0.2) is 88.1 Å². The van der Waals surface area contributed by atoms with Gasteiger partial charge in [-0.3, -0.25) is 14.4 Å². The van der Waals surface area contributed by atoms with E-state index in [-0.39, 0.29) is 32.5 Å². The Kier molecular flexibility index (Phi) is 5.29. The third-order valence-electron chi connectivity index (χ3n) is 4.35. The Morgan fingerprint density at radius 1 is 0.862 bits per heavy atom. The smallest absolute Gasteiger partial charge is 0.228 e. The molecule has 2 heterocycles. The molecule has 4 rings (SSSR count). The third-order valence-corrected chi connectivity index (χ3v) is 6.31. The van der Waals surface area contributed by atoms with E-state index < -0.39 is 0 Å². The number of hydrogen-bond donors (Lipinski definition) is 0. The molecule has 1 aliphatic rings. The number of thioether (sulfide) groups is 1. The van der Waals surface area contributed by atoms with Gasteiger partial charge in [0.15, 0.2) is 11.2 Å². The van der Waals surface area contributed by atoms with Gasteiger partial charge < -0.3 is 5.11 Å². The van der Waals surface area contributed by atoms with Gasteiger partial charge in [-0.15, -0.1) is 0 Å². The first kappa shape index (κ1) is 19.1. The van der Waals surface area contributed by atoms with E-state index in [4.69, 9.17) is 0 Å². The van der Waals surface area contributed by atoms with Gasteiger partial charge in [-0.25, -0.2) is 0 Å². The van der Waals surface area contributed by atoms with E-state index in [2.05, 4.69) is 0 Å². The number of carbonyl (C=O) groups is 2. The van der Waals surface area contributed by atoms with E-state index in [1.54, 1.807) is 66.8 Å². The standard InChI is InChI=1S/C23H14O4S2/c24-20-14-8-4-6-12-18(14)28-22(26)16(20)10-2-1-3-11-17-21(25)15-9-5-7-13-19(15)29-23(17)27/h1-13,26H/p-1. The summed E-state index contributed by atoms with van der Waals surface area (Å²) in [5.41, 5.74) is 0.399. The first-order valence-corrected chi connectivity index (χ1v) is 10.3. The molecule has 0 saturated carbocycles. The largest absolute Gasteiger partial charge is 0.864 e. The van der Waals surface area contributed by atoms with Crippen molar-refractivity contribution in [1.29, 1.82) is 0 Å². The maximum atomic E-state index is 12.5. The van der Waals surface area contributed by atoms with Gasteiger partial charge in [0.1, 0.15) is 0 Å². The molecule has 3 aromatic rings. The molecule has 6 heteroatoms. The fraction of sp³-hybridized carbons (Fsp3) is 0. The van der Waals surface area contributed by atoms with Crippen molar-refractivity contribution in [3.8, 4) is 5.06 Å². The number of benzene rings is 2. The van der Waals surface area contributed by atoms with Crippen LogP contribution < -0.4 is 10.5 Å². The van der Waals surface area contributed by atoms with Crippen LogP contribution in [-0.4, -0.2) is 10.9 Å². The fourth-order valence-corrected chi connectivity index (χ4v) is 4.70. The molecule has 0 fully saturated rings. The van der Waals surface area contributed by atoms with Crippen LogP contribution in [0.2, 0.25) is 0 Å². The predicted molar refractivity (Wildman–Crippen MR) is 115 cm³/mol. The summed E-state index contributed by atoms with van der Waals surface area (Å²) >= 11 is 2.06. The molecule has 29 heavy (non-hydrogen) atoms. The summed E-state index contributed by atoms with van der Waals surface area (Å²) in [4.78, 5) is 37.8. The molecule has 1 aliphatic heterocycles. The summed E-state index contributed by atoms with van der Waals surface area (Å²) in [6.45, 7) is 0. The number of fused-ring (bicyclic) bond motifs is 2. The van der Waals surface area contributed by atoms with Crippen molar-refractivity contribution < 1.29 is 14.7 Å². The number of rotatable bonds is 3. The lowest BCUT2D eigenvalue weighted by atomic mass is 10.0. The Hall–Kier alpha value is -3.22. The second-order valence-corrected chi connectivity index (χ2v) is 8.20. The lowest BCUT2D eigenvalue weighted by Gasteiger charge is -2.14. The molecular weight excluding hydrogens is 404 g/mol. The molecule has 4 nitrogen and oxygen atoms in total. The molecular formula is C23H13O4S2-. The Morgan fingerprint density at radius 2 is 1.62 bits per heavy atom. The SMILES string of the molecule is O=C1Sc2ccccc2C(=O)C1=CC=CC=Cc1c([O-])sc2ccccc2c1=O. The van der Waals surface area contributed by atoms with Crippen molar-refractivity contribution >= 4 is 50.2 Å². The van der Waals surface area contributed by atoms with Crippen LogP contribution in [0.4, 0.5) is 0 Å². The zero-order chi connectivity index (χ0) is 20.4. The van der Waals surface area contributed by atoms with Crippen molar-refractivity contribution in [2.24, 2.45) is 0 Å². The Bertz CT molecular complexity index is 1300. The van der Waals surface area contributed by atoms with Gasteiger partial charge in [0.2, 0.25) is 5.12 Å². The van der Waals surface area contributed by atoms with Crippen LogP contribution >= 0.6 is 23.1 Å². The van der Waals surface area contributed by atoms with Crippen molar-refractivity contribution in [2.75, 3.05) is 0 Å². The lowest BCUT2D eigenvalue weighted by Crippen LogP contribution is -2.16. The topological polar surface area (TPSA) is 74.3 Å². The van der Waals surface area contributed by atoms with Crippen molar-refractivity contribution in [3.63, 3.8) is 0 Å². The van der Waals surface area contributed by atoms with Gasteiger partial charge >= 0.3 is 0 Å². The molecule has 0 atom stereocenters. The molecule has 0 radical (unpaired) electrons. The zero-order valence-electron chi connectivity index (χ0n) is 15.0. The fourth-order valence-electron chi connectivity index (χ4n) is 2.93. The average molecular weight is 417 g/mol. The number of Topliss-reactive ketones (excluding diaryl/α,β-unsaturated/α-hetero) is 1. The highest BCUT2D eigenvalue weighted by atomic mass is 32.2. The summed E-state index contributed by atoms with van der Waals surface area (Å²) in [6.07, 6.45) is 7.59. The van der Waals surface area contributed by atoms with E-state index >= 15 is 0 Å². The molecule has 142 valence electrons. The van der Waals surface area contributed by atoms with Gasteiger partial charge in [0.25, 0.3) is 0 Å². The molecule has 1 aromatic heterocycles. The monoisotopic (exact) mass is 417 g/mol. The van der Waals surface area contributed by atoms with E-state index in [1.165, 1.54) is 12.2 Å². The third kappa shape index (κ3) is 3.72. The first-order valence-electron chi connectivity index (χ1n) is 8.70. The number of ketones is 1. The highest BCUT2D eigenvalue weighted by Gasteiger charge is 2.28. The molecule has 0 N–H and O–H groups in total. The molecule has 0 saturated heterocycles. The van der Waals surface area contributed by atoms with Gasteiger partial charge in [0, 0.05) is 26.1 Å². The second kappa shape index (κ2) is 8.03. The summed E-state index contributed by atoms with van der Waals surface area (Å²) in [7, 11) is 0. The highest BCUT2D eigenvalue weighted by Crippen LogP contribution is 2.33. The lowest BCUT2D eigenvalue weighted by molar-refractivity contribution is -0.262. The molecule has 0 aliphatic carbocycles. The zero-order valence-corrected chi connectivity index (χ0v) is 16.6. The van der Waals surface area contributed by atoms with Crippen LogP contribution in [0.1, 0.15) is 15.9 Å². The maximum Gasteiger partial charge on any atom is 0.228 e. The van der Waals surface area contributed by atoms with Gasteiger partial charge in [-0.1, -0.05) is 48.6 Å². The van der Waals surface area contributed by atoms with Crippen LogP contribution in [0.3, 0.4) is 0 Å². The molecule has 0 unspecified atom stereocenters. The van der Waals surface area contributed by atoms with Crippen molar-refractivity contribution in [1.82, 2.24) is 0 Å². The molecule has 0 amide bonds. The van der Waals surface area contributed by atoms with E-state index in [1.807, 2.05) is 0 Å². The highest BCUT2D eigenvalue weighted by molar-refractivity contribution is 8.14. The van der Waals surface area contributed by atoms with Crippen LogP contribution in [0.5, 0.6) is 5.06 Å². The molecule has 2 aromatic carbocycles. The minimum Gasteiger partial charge on any atom is -0.864 e. The van der Waals surface area contributed by atoms with Crippen LogP contribution in [0, 0.1) is 0 Å². The second-order valence-electron chi connectivity index (χ2n) is 6.17. The Morgan fingerprint density at radius 3 is 2.48 bits per heavy atom. The number of carbonyl (C=O) groups excluding carboxylic acids is 2. The average Bonchev–Trinajstić information content (AvgIpc) is 2.72. The van der Waals surface area contributed by atoms with Gasteiger partial charge in [0.05, 0.1) is 5.57 Å². The van der Waals surface area contributed by atoms with E-state index in [0.29, 0.717) is 20.5 Å². The van der Waals surface area contributed by atoms with Gasteiger partial charge in [-0.05, 0) is 47.2 Å². The van der Waals surface area contributed by atoms with Crippen LogP contribution in [0.25, 0.3) is 16.2 Å². The number of hydrogen-bond acceptors (Lipinski definition) is 6. The van der Waals surface area contributed by atoms with Gasteiger partial charge in [-0.2, -0.15) is 11.3 Å². The summed E-state index contributed by atoms with van der Waals surface area (Å²) < 4.78 is 0.659. The minimum atomic E-state index is -0.307. The normalized spacial score (nSPS) is 15.7. The summed E-state index contributed by atoms with van der Waals surface area (Å²) in [5.74, 6) is -0.307. The Balaban J connectivity index is 1.58. The van der Waals surface area contributed by atoms with Crippen molar-refractivity contribution in [2.45, 2.75) is 4.90 Å². The predicted octanol–water partition coefficient (Wildman–Crippen LogP) is 4.35. The Labute approximate surface area is 174 Å². The van der Waals surface area contributed by atoms with E-state index in [9.17, 15) is 19.5 Å². The minimum absolute atomic E-state index is 0.0975. The number of allylic oxidation sites excluding steroid dienone is 4. The van der Waals surface area contributed by atoms with E-state index in [0.717, 1.165) is 23.1 Å².